The van der Waals surface area contributed by atoms with Crippen LogP contribution < -0.4 is 11.1 Å². The Bertz CT molecular complexity index is 608. The van der Waals surface area contributed by atoms with Crippen LogP contribution in [-0.4, -0.2) is 5.96 Å². The van der Waals surface area contributed by atoms with Crippen molar-refractivity contribution in [3.63, 3.8) is 0 Å². The molecule has 0 unspecified atom stereocenters. The zero-order chi connectivity index (χ0) is 13.8. The lowest BCUT2D eigenvalue weighted by Crippen LogP contribution is -2.24. The lowest BCUT2D eigenvalue weighted by molar-refractivity contribution is 0.513. The number of benzene rings is 1. The molecule has 0 radical (unpaired) electrons. The summed E-state index contributed by atoms with van der Waals surface area (Å²) >= 11 is 0. The van der Waals surface area contributed by atoms with Crippen LogP contribution in [0.15, 0.2) is 46.0 Å². The first kappa shape index (κ1) is 15.9. The van der Waals surface area contributed by atoms with Crippen molar-refractivity contribution in [2.24, 2.45) is 10.7 Å². The summed E-state index contributed by atoms with van der Waals surface area (Å²) in [6.07, 6.45) is 6.44. The predicted molar refractivity (Wildman–Crippen MR) is 96.2 cm³/mol. The highest BCUT2D eigenvalue weighted by Gasteiger charge is 2.13. The van der Waals surface area contributed by atoms with Gasteiger partial charge in [-0.15, -0.1) is 24.0 Å². The summed E-state index contributed by atoms with van der Waals surface area (Å²) in [5, 5.41) is 3.22. The minimum absolute atomic E-state index is 0. The Morgan fingerprint density at radius 1 is 1.19 bits per heavy atom. The van der Waals surface area contributed by atoms with Gasteiger partial charge in [-0.2, -0.15) is 0 Å². The molecule has 1 aliphatic carbocycles. The molecule has 2 aromatic rings. The minimum Gasteiger partial charge on any atom is -0.467 e. The van der Waals surface area contributed by atoms with Gasteiger partial charge in [-0.1, -0.05) is 12.1 Å². The lowest BCUT2D eigenvalue weighted by atomic mass is 9.90. The van der Waals surface area contributed by atoms with Gasteiger partial charge < -0.3 is 15.5 Å². The van der Waals surface area contributed by atoms with E-state index in [9.17, 15) is 0 Å². The predicted octanol–water partition coefficient (Wildman–Crippen LogP) is 3.70. The largest absolute Gasteiger partial charge is 0.467 e. The van der Waals surface area contributed by atoms with Crippen LogP contribution in [-0.2, 0) is 19.4 Å². The zero-order valence-corrected chi connectivity index (χ0v) is 14.2. The summed E-state index contributed by atoms with van der Waals surface area (Å²) in [5.74, 6) is 1.24. The van der Waals surface area contributed by atoms with E-state index in [1.807, 2.05) is 12.1 Å². The number of furan rings is 1. The Morgan fingerprint density at radius 3 is 2.86 bits per heavy atom. The molecule has 21 heavy (non-hydrogen) atoms. The number of nitrogens with one attached hydrogen (secondary N) is 1. The summed E-state index contributed by atoms with van der Waals surface area (Å²) in [7, 11) is 0. The SMILES string of the molecule is I.NC(=NCc1ccco1)Nc1cccc2c1CCCC2. The van der Waals surface area contributed by atoms with Gasteiger partial charge in [-0.25, -0.2) is 4.99 Å². The molecule has 0 atom stereocenters. The van der Waals surface area contributed by atoms with E-state index < -0.39 is 0 Å². The minimum atomic E-state index is 0. The second-order valence-electron chi connectivity index (χ2n) is 5.06. The van der Waals surface area contributed by atoms with Gasteiger partial charge in [-0.05, 0) is 55.0 Å². The van der Waals surface area contributed by atoms with Crippen molar-refractivity contribution < 1.29 is 4.42 Å². The molecule has 0 bridgehead atoms. The number of aryl methyl sites for hydroxylation is 1. The molecular weight excluding hydrogens is 377 g/mol. The van der Waals surface area contributed by atoms with Crippen molar-refractivity contribution in [3.05, 3.63) is 53.5 Å². The van der Waals surface area contributed by atoms with Crippen LogP contribution in [0.4, 0.5) is 5.69 Å². The molecule has 3 N–H and O–H groups in total. The standard InChI is InChI=1S/C16H19N3O.HI/c17-16(18-11-13-7-4-10-20-13)19-15-9-3-6-12-5-1-2-8-14(12)15;/h3-4,6-7,9-10H,1-2,5,8,11H2,(H3,17,18,19);1H. The number of hydrogen-bond donors (Lipinski definition) is 2. The highest BCUT2D eigenvalue weighted by atomic mass is 127. The second-order valence-corrected chi connectivity index (χ2v) is 5.06. The Hall–Kier alpha value is -1.50. The maximum atomic E-state index is 5.95. The van der Waals surface area contributed by atoms with Crippen LogP contribution in [0, 0.1) is 0 Å². The first-order valence-electron chi connectivity index (χ1n) is 7.03. The maximum Gasteiger partial charge on any atom is 0.193 e. The molecule has 0 spiro atoms. The Kier molecular flexibility index (Phi) is 5.67. The fourth-order valence-corrected chi connectivity index (χ4v) is 2.64. The number of nitrogens with two attached hydrogens (primary N) is 1. The molecule has 1 aromatic carbocycles. The maximum absolute atomic E-state index is 5.95. The molecule has 0 saturated heterocycles. The normalized spacial score (nSPS) is 14.2. The summed E-state index contributed by atoms with van der Waals surface area (Å²) in [6.45, 7) is 0.459. The van der Waals surface area contributed by atoms with Crippen LogP contribution >= 0.6 is 24.0 Å². The first-order valence-corrected chi connectivity index (χ1v) is 7.03. The molecule has 4 nitrogen and oxygen atoms in total. The zero-order valence-electron chi connectivity index (χ0n) is 11.8. The van der Waals surface area contributed by atoms with Crippen LogP contribution in [0.3, 0.4) is 0 Å². The van der Waals surface area contributed by atoms with Crippen LogP contribution in [0.1, 0.15) is 29.7 Å². The third kappa shape index (κ3) is 4.00. The summed E-state index contributed by atoms with van der Waals surface area (Å²) in [6, 6.07) is 10.1. The third-order valence-corrected chi connectivity index (χ3v) is 3.64. The van der Waals surface area contributed by atoms with Crippen molar-refractivity contribution in [2.45, 2.75) is 32.2 Å². The van der Waals surface area contributed by atoms with Crippen molar-refractivity contribution in [1.29, 1.82) is 0 Å². The number of anilines is 1. The number of guanidine groups is 1. The molecule has 1 aliphatic rings. The van der Waals surface area contributed by atoms with Crippen molar-refractivity contribution >= 4 is 35.6 Å². The number of rotatable bonds is 3. The third-order valence-electron chi connectivity index (χ3n) is 3.64. The van der Waals surface area contributed by atoms with Gasteiger partial charge in [0.05, 0.1) is 6.26 Å². The van der Waals surface area contributed by atoms with E-state index in [1.54, 1.807) is 6.26 Å². The highest BCUT2D eigenvalue weighted by Crippen LogP contribution is 2.27. The van der Waals surface area contributed by atoms with Gasteiger partial charge in [0.1, 0.15) is 12.3 Å². The van der Waals surface area contributed by atoms with Gasteiger partial charge in [-0.3, -0.25) is 0 Å². The monoisotopic (exact) mass is 397 g/mol. The number of fused-ring (bicyclic) bond motifs is 1. The lowest BCUT2D eigenvalue weighted by Gasteiger charge is -2.19. The number of hydrogen-bond acceptors (Lipinski definition) is 2. The Balaban J connectivity index is 0.00000161. The van der Waals surface area contributed by atoms with Crippen LogP contribution in [0.25, 0.3) is 0 Å². The fourth-order valence-electron chi connectivity index (χ4n) is 2.64. The second kappa shape index (κ2) is 7.49. The average molecular weight is 397 g/mol. The van der Waals surface area contributed by atoms with Gasteiger partial charge in [0.2, 0.25) is 0 Å². The fraction of sp³-hybridized carbons (Fsp3) is 0.312. The smallest absolute Gasteiger partial charge is 0.193 e. The van der Waals surface area contributed by atoms with E-state index in [0.29, 0.717) is 12.5 Å². The Labute approximate surface area is 141 Å². The van der Waals surface area contributed by atoms with Crippen molar-refractivity contribution in [2.75, 3.05) is 5.32 Å². The summed E-state index contributed by atoms with van der Waals surface area (Å²) in [4.78, 5) is 4.30. The number of nitrogens with zero attached hydrogens (tertiary/aromatic N) is 1. The van der Waals surface area contributed by atoms with Crippen molar-refractivity contribution in [1.82, 2.24) is 0 Å². The van der Waals surface area contributed by atoms with E-state index in [-0.39, 0.29) is 24.0 Å². The van der Waals surface area contributed by atoms with E-state index in [2.05, 4.69) is 28.5 Å². The molecule has 0 amide bonds. The van der Waals surface area contributed by atoms with Gasteiger partial charge in [0.25, 0.3) is 0 Å². The van der Waals surface area contributed by atoms with E-state index in [1.165, 1.54) is 24.0 Å². The molecule has 112 valence electrons. The molecule has 0 aliphatic heterocycles. The molecule has 3 rings (SSSR count). The topological polar surface area (TPSA) is 63.5 Å². The molecule has 0 saturated carbocycles. The van der Waals surface area contributed by atoms with Gasteiger partial charge in [0.15, 0.2) is 5.96 Å². The Morgan fingerprint density at radius 2 is 2.05 bits per heavy atom. The molecule has 5 heteroatoms. The average Bonchev–Trinajstić information content (AvgIpc) is 2.99. The first-order chi connectivity index (χ1) is 9.83. The summed E-state index contributed by atoms with van der Waals surface area (Å²) in [5.41, 5.74) is 9.85. The van der Waals surface area contributed by atoms with E-state index in [4.69, 9.17) is 10.2 Å². The summed E-state index contributed by atoms with van der Waals surface area (Å²) < 4.78 is 5.23. The quantitative estimate of drug-likeness (QED) is 0.472. The molecule has 1 heterocycles. The number of halogens is 1. The van der Waals surface area contributed by atoms with Gasteiger partial charge >= 0.3 is 0 Å². The van der Waals surface area contributed by atoms with Crippen LogP contribution in [0.5, 0.6) is 0 Å². The van der Waals surface area contributed by atoms with Crippen molar-refractivity contribution in [3.8, 4) is 0 Å². The van der Waals surface area contributed by atoms with E-state index >= 15 is 0 Å². The number of aliphatic imine (C=N–C) groups is 1. The van der Waals surface area contributed by atoms with Gasteiger partial charge in [0, 0.05) is 5.69 Å². The molecule has 1 aromatic heterocycles. The highest BCUT2D eigenvalue weighted by molar-refractivity contribution is 14.0. The molecule has 0 fully saturated rings. The van der Waals surface area contributed by atoms with E-state index in [0.717, 1.165) is 24.3 Å². The molecular formula is C16H20IN3O. The van der Waals surface area contributed by atoms with Crippen LogP contribution in [0.2, 0.25) is 0 Å².